The average Bonchev–Trinajstić information content (AvgIpc) is 3.00. The van der Waals surface area contributed by atoms with E-state index in [0.29, 0.717) is 0 Å². The molecule has 1 heterocycles. The van der Waals surface area contributed by atoms with Crippen molar-refractivity contribution in [1.82, 2.24) is 5.32 Å². The highest BCUT2D eigenvalue weighted by atomic mass is 19.3. The van der Waals surface area contributed by atoms with Crippen LogP contribution >= 0.6 is 0 Å². The van der Waals surface area contributed by atoms with Crippen LogP contribution < -0.4 is 5.32 Å². The Bertz CT molecular complexity index is 937. The minimum Gasteiger partial charge on any atom is -0.439 e. The van der Waals surface area contributed by atoms with E-state index in [1.54, 1.807) is 0 Å². The smallest absolute Gasteiger partial charge is 0.408 e. The number of alkyl halides is 2. The molecule has 27 heavy (non-hydrogen) atoms. The third-order valence-electron chi connectivity index (χ3n) is 4.94. The van der Waals surface area contributed by atoms with Gasteiger partial charge in [-0.3, -0.25) is 0 Å². The second-order valence-electron chi connectivity index (χ2n) is 7.22. The van der Waals surface area contributed by atoms with Gasteiger partial charge in [-0.05, 0) is 30.2 Å². The Kier molecular flexibility index (Phi) is 4.35. The van der Waals surface area contributed by atoms with Gasteiger partial charge in [0.2, 0.25) is 0 Å². The van der Waals surface area contributed by atoms with Gasteiger partial charge in [-0.2, -0.15) is 0 Å². The molecule has 0 aromatic heterocycles. The van der Waals surface area contributed by atoms with Gasteiger partial charge in [0.05, 0.1) is 6.04 Å². The predicted molar refractivity (Wildman–Crippen MR) is 97.3 cm³/mol. The van der Waals surface area contributed by atoms with Crippen molar-refractivity contribution in [2.24, 2.45) is 5.92 Å². The van der Waals surface area contributed by atoms with Gasteiger partial charge in [0.15, 0.2) is 6.10 Å². The molecule has 4 rings (SSSR count). The highest BCUT2D eigenvalue weighted by molar-refractivity contribution is 5.71. The summed E-state index contributed by atoms with van der Waals surface area (Å²) in [4.78, 5) is 11.9. The van der Waals surface area contributed by atoms with Gasteiger partial charge in [-0.15, -0.1) is 0 Å². The van der Waals surface area contributed by atoms with Gasteiger partial charge in [0, 0.05) is 24.3 Å². The number of hydrogen-bond donors (Lipinski definition) is 1. The number of alkyl carbamates (subject to hydrolysis) is 1. The van der Waals surface area contributed by atoms with E-state index >= 15 is 0 Å². The number of aryl methyl sites for hydroxylation is 1. The lowest BCUT2D eigenvalue weighted by Crippen LogP contribution is -2.34. The molecule has 138 valence electrons. The van der Waals surface area contributed by atoms with Gasteiger partial charge in [0.1, 0.15) is 0 Å². The SMILES string of the molecule is Cc1cccc([C@H]2OC(=O)N[C@@H]2c2cccc(C#CC3CC(F)(F)C3)c2)c1. The number of ether oxygens (including phenoxy) is 1. The van der Waals surface area contributed by atoms with E-state index in [1.807, 2.05) is 55.5 Å². The molecule has 2 atom stereocenters. The number of rotatable bonds is 2. The highest BCUT2D eigenvalue weighted by Gasteiger charge is 2.44. The molecule has 2 aliphatic rings. The molecule has 1 N–H and O–H groups in total. The number of benzene rings is 2. The number of hydrogen-bond acceptors (Lipinski definition) is 2. The van der Waals surface area contributed by atoms with Crippen molar-refractivity contribution in [2.75, 3.05) is 0 Å². The van der Waals surface area contributed by atoms with Crippen molar-refractivity contribution < 1.29 is 18.3 Å². The lowest BCUT2D eigenvalue weighted by molar-refractivity contribution is -0.0936. The largest absolute Gasteiger partial charge is 0.439 e. The minimum atomic E-state index is -2.56. The van der Waals surface area contributed by atoms with Crippen molar-refractivity contribution in [2.45, 2.75) is 37.8 Å². The number of cyclic esters (lactones) is 1. The molecule has 2 fully saturated rings. The van der Waals surface area contributed by atoms with Crippen molar-refractivity contribution in [3.05, 3.63) is 70.8 Å². The monoisotopic (exact) mass is 367 g/mol. The Balaban J connectivity index is 1.57. The zero-order valence-electron chi connectivity index (χ0n) is 14.8. The zero-order valence-corrected chi connectivity index (χ0v) is 14.8. The molecule has 0 radical (unpaired) electrons. The van der Waals surface area contributed by atoms with Crippen LogP contribution in [0.3, 0.4) is 0 Å². The quantitative estimate of drug-likeness (QED) is 0.766. The predicted octanol–water partition coefficient (Wildman–Crippen LogP) is 4.91. The Morgan fingerprint density at radius 1 is 1.11 bits per heavy atom. The summed E-state index contributed by atoms with van der Waals surface area (Å²) in [6.45, 7) is 1.99. The summed E-state index contributed by atoms with van der Waals surface area (Å²) in [5.74, 6) is 3.09. The van der Waals surface area contributed by atoms with Crippen molar-refractivity contribution in [1.29, 1.82) is 0 Å². The topological polar surface area (TPSA) is 38.3 Å². The fourth-order valence-corrected chi connectivity index (χ4v) is 3.54. The van der Waals surface area contributed by atoms with E-state index in [4.69, 9.17) is 4.74 Å². The van der Waals surface area contributed by atoms with Crippen LogP contribution in [-0.4, -0.2) is 12.0 Å². The molecule has 2 aromatic carbocycles. The van der Waals surface area contributed by atoms with Crippen LogP contribution in [0, 0.1) is 24.7 Å². The Labute approximate surface area is 156 Å². The van der Waals surface area contributed by atoms with E-state index in [1.165, 1.54) is 0 Å². The van der Waals surface area contributed by atoms with Gasteiger partial charge in [-0.25, -0.2) is 13.6 Å². The normalized spacial score (nSPS) is 23.6. The maximum Gasteiger partial charge on any atom is 0.408 e. The molecule has 1 aliphatic carbocycles. The molecular weight excluding hydrogens is 348 g/mol. The first kappa shape index (κ1) is 17.5. The first-order chi connectivity index (χ1) is 12.9. The maximum absolute atomic E-state index is 12.9. The summed E-state index contributed by atoms with van der Waals surface area (Å²) in [5, 5.41) is 2.85. The van der Waals surface area contributed by atoms with E-state index in [2.05, 4.69) is 17.2 Å². The Hall–Kier alpha value is -2.87. The van der Waals surface area contributed by atoms with Crippen LogP contribution in [0.15, 0.2) is 48.5 Å². The van der Waals surface area contributed by atoms with Crippen LogP contribution in [0.1, 0.15) is 47.2 Å². The summed E-state index contributed by atoms with van der Waals surface area (Å²) in [6, 6.07) is 15.0. The van der Waals surface area contributed by atoms with E-state index in [-0.39, 0.29) is 24.8 Å². The summed E-state index contributed by atoms with van der Waals surface area (Å²) >= 11 is 0. The molecule has 0 bridgehead atoms. The van der Waals surface area contributed by atoms with E-state index in [0.717, 1.165) is 22.3 Å². The first-order valence-electron chi connectivity index (χ1n) is 8.93. The number of carbonyl (C=O) groups is 1. The van der Waals surface area contributed by atoms with Crippen LogP contribution in [0.4, 0.5) is 13.6 Å². The molecule has 0 spiro atoms. The molecule has 1 amide bonds. The van der Waals surface area contributed by atoms with Crippen molar-refractivity contribution in [3.63, 3.8) is 0 Å². The molecule has 1 saturated heterocycles. The summed E-state index contributed by atoms with van der Waals surface area (Å²) in [7, 11) is 0. The van der Waals surface area contributed by atoms with Crippen molar-refractivity contribution in [3.8, 4) is 11.8 Å². The Morgan fingerprint density at radius 2 is 1.85 bits per heavy atom. The number of halogens is 2. The van der Waals surface area contributed by atoms with Crippen molar-refractivity contribution >= 4 is 6.09 Å². The summed E-state index contributed by atoms with van der Waals surface area (Å²) in [6.07, 6.45) is -1.21. The zero-order chi connectivity index (χ0) is 19.0. The first-order valence-corrected chi connectivity index (χ1v) is 8.93. The number of amides is 1. The molecule has 3 nitrogen and oxygen atoms in total. The van der Waals surface area contributed by atoms with Gasteiger partial charge >= 0.3 is 6.09 Å². The lowest BCUT2D eigenvalue weighted by Gasteiger charge is -2.31. The summed E-state index contributed by atoms with van der Waals surface area (Å²) in [5.41, 5.74) is 3.63. The van der Waals surface area contributed by atoms with Crippen LogP contribution in [0.25, 0.3) is 0 Å². The van der Waals surface area contributed by atoms with E-state index in [9.17, 15) is 13.6 Å². The van der Waals surface area contributed by atoms with Gasteiger partial charge in [-0.1, -0.05) is 53.8 Å². The lowest BCUT2D eigenvalue weighted by atomic mass is 9.82. The molecular formula is C22H19F2NO2. The van der Waals surface area contributed by atoms with Crippen LogP contribution in [0.5, 0.6) is 0 Å². The third kappa shape index (κ3) is 3.80. The average molecular weight is 367 g/mol. The third-order valence-corrected chi connectivity index (χ3v) is 4.94. The Morgan fingerprint density at radius 3 is 2.59 bits per heavy atom. The minimum absolute atomic E-state index is 0.165. The summed E-state index contributed by atoms with van der Waals surface area (Å²) < 4.78 is 31.3. The number of carbonyl (C=O) groups excluding carboxylic acids is 1. The fraction of sp³-hybridized carbons (Fsp3) is 0.318. The fourth-order valence-electron chi connectivity index (χ4n) is 3.54. The second kappa shape index (κ2) is 6.70. The van der Waals surface area contributed by atoms with Crippen LogP contribution in [-0.2, 0) is 4.74 Å². The van der Waals surface area contributed by atoms with Gasteiger partial charge in [0.25, 0.3) is 5.92 Å². The molecule has 5 heteroatoms. The standard InChI is InChI=1S/C22H19F2NO2/c1-14-4-2-7-18(10-14)20-19(25-21(26)27-20)17-6-3-5-15(11-17)8-9-16-12-22(23,24)13-16/h2-7,10-11,16,19-20H,12-13H2,1H3,(H,25,26)/t19-,20-/m1/s1. The van der Waals surface area contributed by atoms with Crippen LogP contribution in [0.2, 0.25) is 0 Å². The van der Waals surface area contributed by atoms with Gasteiger partial charge < -0.3 is 10.1 Å². The maximum atomic E-state index is 12.9. The highest BCUT2D eigenvalue weighted by Crippen LogP contribution is 2.42. The molecule has 1 saturated carbocycles. The molecule has 1 aliphatic heterocycles. The second-order valence-corrected chi connectivity index (χ2v) is 7.22. The molecule has 2 aromatic rings. The van der Waals surface area contributed by atoms with E-state index < -0.39 is 18.1 Å². The number of nitrogens with one attached hydrogen (secondary N) is 1. The molecule has 0 unspecified atom stereocenters.